The summed E-state index contributed by atoms with van der Waals surface area (Å²) in [7, 11) is 0. The zero-order valence-corrected chi connectivity index (χ0v) is 11.7. The third-order valence-corrected chi connectivity index (χ3v) is 4.03. The van der Waals surface area contributed by atoms with E-state index < -0.39 is 0 Å². The predicted molar refractivity (Wildman–Crippen MR) is 78.0 cm³/mol. The lowest BCUT2D eigenvalue weighted by Crippen LogP contribution is -2.15. The van der Waals surface area contributed by atoms with E-state index in [2.05, 4.69) is 36.6 Å². The Kier molecular flexibility index (Phi) is 3.15. The summed E-state index contributed by atoms with van der Waals surface area (Å²) in [5.74, 6) is 1.21. The van der Waals surface area contributed by atoms with E-state index in [4.69, 9.17) is 10.7 Å². The molecule has 1 aliphatic rings. The second-order valence-electron chi connectivity index (χ2n) is 5.45. The fraction of sp³-hybridized carbons (Fsp3) is 0.438. The van der Waals surface area contributed by atoms with Crippen molar-refractivity contribution in [2.24, 2.45) is 5.73 Å². The Morgan fingerprint density at radius 1 is 1.26 bits per heavy atom. The molecule has 0 unspecified atom stereocenters. The number of aromatic nitrogens is 2. The van der Waals surface area contributed by atoms with Gasteiger partial charge < -0.3 is 10.3 Å². The summed E-state index contributed by atoms with van der Waals surface area (Å²) < 4.78 is 2.33. The van der Waals surface area contributed by atoms with Crippen LogP contribution in [0.4, 0.5) is 0 Å². The van der Waals surface area contributed by atoms with Gasteiger partial charge in [0.05, 0.1) is 11.4 Å². The number of hydrogen-bond acceptors (Lipinski definition) is 2. The van der Waals surface area contributed by atoms with Crippen LogP contribution in [0.1, 0.15) is 35.5 Å². The summed E-state index contributed by atoms with van der Waals surface area (Å²) in [5, 5.41) is 0. The van der Waals surface area contributed by atoms with Gasteiger partial charge in [0.25, 0.3) is 0 Å². The molecule has 1 aromatic heterocycles. The van der Waals surface area contributed by atoms with E-state index in [1.807, 2.05) is 0 Å². The van der Waals surface area contributed by atoms with Crippen LogP contribution in [0.25, 0.3) is 11.3 Å². The fourth-order valence-corrected chi connectivity index (χ4v) is 2.96. The van der Waals surface area contributed by atoms with Crippen molar-refractivity contribution in [1.29, 1.82) is 0 Å². The molecule has 2 aromatic rings. The van der Waals surface area contributed by atoms with Crippen LogP contribution in [0.2, 0.25) is 0 Å². The van der Waals surface area contributed by atoms with Gasteiger partial charge in [0.1, 0.15) is 5.82 Å². The van der Waals surface area contributed by atoms with E-state index >= 15 is 0 Å². The molecule has 0 radical (unpaired) electrons. The van der Waals surface area contributed by atoms with Crippen LogP contribution in [0.5, 0.6) is 0 Å². The second-order valence-corrected chi connectivity index (χ2v) is 5.45. The lowest BCUT2D eigenvalue weighted by molar-refractivity contribution is 0.508. The molecule has 100 valence electrons. The Hall–Kier alpha value is -1.61. The van der Waals surface area contributed by atoms with Crippen LogP contribution < -0.4 is 5.73 Å². The highest BCUT2D eigenvalue weighted by atomic mass is 15.1. The molecule has 0 bridgehead atoms. The van der Waals surface area contributed by atoms with Gasteiger partial charge >= 0.3 is 0 Å². The molecule has 3 rings (SSSR count). The van der Waals surface area contributed by atoms with Crippen LogP contribution in [-0.2, 0) is 19.5 Å². The molecule has 19 heavy (non-hydrogen) atoms. The highest BCUT2D eigenvalue weighted by molar-refractivity contribution is 5.67. The van der Waals surface area contributed by atoms with Gasteiger partial charge in [-0.1, -0.05) is 17.7 Å². The Labute approximate surface area is 114 Å². The molecule has 2 N–H and O–H groups in total. The number of imidazole rings is 1. The van der Waals surface area contributed by atoms with Crippen molar-refractivity contribution >= 4 is 0 Å². The molecule has 0 aliphatic carbocycles. The Morgan fingerprint density at radius 3 is 2.89 bits per heavy atom. The van der Waals surface area contributed by atoms with Gasteiger partial charge in [0, 0.05) is 25.1 Å². The number of rotatable bonds is 2. The van der Waals surface area contributed by atoms with Gasteiger partial charge in [0.15, 0.2) is 0 Å². The zero-order valence-electron chi connectivity index (χ0n) is 11.7. The average Bonchev–Trinajstić information content (AvgIpc) is 2.79. The molecule has 0 fully saturated rings. The molecular weight excluding hydrogens is 234 g/mol. The average molecular weight is 255 g/mol. The van der Waals surface area contributed by atoms with Crippen molar-refractivity contribution in [2.45, 2.75) is 46.2 Å². The quantitative estimate of drug-likeness (QED) is 0.896. The number of nitrogens with two attached hydrogens (primary N) is 1. The second kappa shape index (κ2) is 4.82. The molecule has 2 heterocycles. The summed E-state index contributed by atoms with van der Waals surface area (Å²) in [6, 6.07) is 6.54. The molecule has 0 atom stereocenters. The minimum Gasteiger partial charge on any atom is -0.330 e. The first-order chi connectivity index (χ1) is 9.20. The molecule has 3 heteroatoms. The van der Waals surface area contributed by atoms with Crippen LogP contribution in [0, 0.1) is 13.8 Å². The largest absolute Gasteiger partial charge is 0.330 e. The van der Waals surface area contributed by atoms with E-state index in [9.17, 15) is 0 Å². The van der Waals surface area contributed by atoms with Gasteiger partial charge in [0.2, 0.25) is 0 Å². The number of aryl methyl sites for hydroxylation is 3. The van der Waals surface area contributed by atoms with Gasteiger partial charge in [-0.3, -0.25) is 0 Å². The van der Waals surface area contributed by atoms with Gasteiger partial charge in [-0.15, -0.1) is 0 Å². The number of nitrogens with zero attached hydrogens (tertiary/aromatic N) is 2. The van der Waals surface area contributed by atoms with Crippen LogP contribution in [0.15, 0.2) is 18.2 Å². The van der Waals surface area contributed by atoms with Crippen molar-refractivity contribution in [3.63, 3.8) is 0 Å². The zero-order chi connectivity index (χ0) is 13.4. The van der Waals surface area contributed by atoms with Gasteiger partial charge in [-0.25, -0.2) is 4.98 Å². The van der Waals surface area contributed by atoms with Crippen molar-refractivity contribution in [3.8, 4) is 11.3 Å². The van der Waals surface area contributed by atoms with Crippen LogP contribution in [0.3, 0.4) is 0 Å². The monoisotopic (exact) mass is 255 g/mol. The molecule has 1 aliphatic heterocycles. The first kappa shape index (κ1) is 12.4. The molecular formula is C16H21N3. The van der Waals surface area contributed by atoms with Crippen LogP contribution in [-0.4, -0.2) is 9.55 Å². The van der Waals surface area contributed by atoms with E-state index in [-0.39, 0.29) is 0 Å². The molecule has 0 spiro atoms. The van der Waals surface area contributed by atoms with E-state index in [0.717, 1.165) is 18.7 Å². The molecule has 0 saturated heterocycles. The highest BCUT2D eigenvalue weighted by Gasteiger charge is 2.20. The summed E-state index contributed by atoms with van der Waals surface area (Å²) in [5.41, 5.74) is 12.1. The highest BCUT2D eigenvalue weighted by Crippen LogP contribution is 2.30. The SMILES string of the molecule is Cc1ccc(C)c(-c2nc3n(c2CN)CCCC3)c1. The first-order valence-corrected chi connectivity index (χ1v) is 7.06. The van der Waals surface area contributed by atoms with E-state index in [0.29, 0.717) is 6.54 Å². The van der Waals surface area contributed by atoms with Gasteiger partial charge in [-0.2, -0.15) is 0 Å². The lowest BCUT2D eigenvalue weighted by atomic mass is 10.0. The summed E-state index contributed by atoms with van der Waals surface area (Å²) in [6.45, 7) is 5.91. The topological polar surface area (TPSA) is 43.8 Å². The maximum atomic E-state index is 5.98. The molecule has 3 nitrogen and oxygen atoms in total. The standard InChI is InChI=1S/C16H21N3/c1-11-6-7-12(2)13(9-11)16-14(10-17)19-8-4-3-5-15(19)18-16/h6-7,9H,3-5,8,10,17H2,1-2H3. The third-order valence-electron chi connectivity index (χ3n) is 4.03. The fourth-order valence-electron chi connectivity index (χ4n) is 2.96. The van der Waals surface area contributed by atoms with Crippen LogP contribution >= 0.6 is 0 Å². The van der Waals surface area contributed by atoms with Crippen molar-refractivity contribution in [3.05, 3.63) is 40.8 Å². The maximum Gasteiger partial charge on any atom is 0.109 e. The maximum absolute atomic E-state index is 5.98. The molecule has 0 saturated carbocycles. The summed E-state index contributed by atoms with van der Waals surface area (Å²) >= 11 is 0. The third kappa shape index (κ3) is 2.08. The summed E-state index contributed by atoms with van der Waals surface area (Å²) in [6.07, 6.45) is 3.56. The Balaban J connectivity index is 2.19. The molecule has 1 aromatic carbocycles. The van der Waals surface area contributed by atoms with Crippen molar-refractivity contribution in [1.82, 2.24) is 9.55 Å². The number of hydrogen-bond donors (Lipinski definition) is 1. The predicted octanol–water partition coefficient (Wildman–Crippen LogP) is 2.96. The number of fused-ring (bicyclic) bond motifs is 1. The van der Waals surface area contributed by atoms with E-state index in [1.165, 1.54) is 41.1 Å². The number of benzene rings is 1. The minimum atomic E-state index is 0.565. The molecule has 0 amide bonds. The normalized spacial score (nSPS) is 14.5. The van der Waals surface area contributed by atoms with E-state index in [1.54, 1.807) is 0 Å². The Bertz CT molecular complexity index is 611. The Morgan fingerprint density at radius 2 is 2.11 bits per heavy atom. The van der Waals surface area contributed by atoms with Gasteiger partial charge in [-0.05, 0) is 38.3 Å². The summed E-state index contributed by atoms with van der Waals surface area (Å²) in [4.78, 5) is 4.88. The minimum absolute atomic E-state index is 0.565. The smallest absolute Gasteiger partial charge is 0.109 e. The van der Waals surface area contributed by atoms with Crippen molar-refractivity contribution in [2.75, 3.05) is 0 Å². The lowest BCUT2D eigenvalue weighted by Gasteiger charge is -2.15. The van der Waals surface area contributed by atoms with Crippen molar-refractivity contribution < 1.29 is 0 Å². The first-order valence-electron chi connectivity index (χ1n) is 7.06.